The van der Waals surface area contributed by atoms with Crippen molar-refractivity contribution in [2.45, 2.75) is 15.8 Å². The zero-order valence-corrected chi connectivity index (χ0v) is 18.0. The minimum atomic E-state index is -3.65. The van der Waals surface area contributed by atoms with Crippen molar-refractivity contribution in [3.05, 3.63) is 77.9 Å². The molecule has 7 heteroatoms. The number of fused-ring (bicyclic) bond motifs is 3. The Hall–Kier alpha value is -2.64. The second kappa shape index (κ2) is 6.71. The normalized spacial score (nSPS) is 13.8. The molecule has 1 aliphatic rings. The molecule has 0 spiro atoms. The lowest BCUT2D eigenvalue weighted by Gasteiger charge is -2.30. The summed E-state index contributed by atoms with van der Waals surface area (Å²) in [6.07, 6.45) is 2.17. The Labute approximate surface area is 171 Å². The molecule has 0 radical (unpaired) electrons. The number of anilines is 1. The van der Waals surface area contributed by atoms with E-state index in [4.69, 9.17) is 0 Å². The van der Waals surface area contributed by atoms with Crippen LogP contribution < -0.4 is 4.90 Å². The van der Waals surface area contributed by atoms with Crippen LogP contribution in [-0.2, 0) is 19.7 Å². The van der Waals surface area contributed by atoms with E-state index in [-0.39, 0.29) is 15.8 Å². The van der Waals surface area contributed by atoms with E-state index in [1.54, 1.807) is 6.07 Å². The molecule has 0 fully saturated rings. The van der Waals surface area contributed by atoms with Crippen LogP contribution in [0.2, 0.25) is 0 Å². The van der Waals surface area contributed by atoms with Gasteiger partial charge < -0.3 is 4.90 Å². The summed E-state index contributed by atoms with van der Waals surface area (Å²) in [5, 5.41) is 0. The Morgan fingerprint density at radius 3 is 1.72 bits per heavy atom. The van der Waals surface area contributed by atoms with Crippen LogP contribution in [0.3, 0.4) is 0 Å². The first-order chi connectivity index (χ1) is 13.6. The lowest BCUT2D eigenvalue weighted by molar-refractivity contribution is 0.599. The third-order valence-electron chi connectivity index (χ3n) is 5.33. The third kappa shape index (κ3) is 3.34. The van der Waals surface area contributed by atoms with Gasteiger partial charge in [0.25, 0.3) is 0 Å². The average molecular weight is 428 g/mol. The van der Waals surface area contributed by atoms with E-state index in [2.05, 4.69) is 12.1 Å². The molecule has 0 heterocycles. The van der Waals surface area contributed by atoms with Crippen LogP contribution in [0.15, 0.2) is 76.5 Å². The summed E-state index contributed by atoms with van der Waals surface area (Å²) < 4.78 is 49.0. The number of hydrogen-bond donors (Lipinski definition) is 0. The van der Waals surface area contributed by atoms with Crippen LogP contribution in [0.1, 0.15) is 17.2 Å². The number of hydrogen-bond acceptors (Lipinski definition) is 5. The Morgan fingerprint density at radius 1 is 0.724 bits per heavy atom. The highest BCUT2D eigenvalue weighted by atomic mass is 32.2. The van der Waals surface area contributed by atoms with Crippen molar-refractivity contribution in [1.29, 1.82) is 0 Å². The lowest BCUT2D eigenvalue weighted by Crippen LogP contribution is -2.25. The third-order valence-corrected chi connectivity index (χ3v) is 7.56. The molecule has 0 bridgehead atoms. The highest BCUT2D eigenvalue weighted by molar-refractivity contribution is 7.91. The summed E-state index contributed by atoms with van der Waals surface area (Å²) in [7, 11) is -5.34. The number of sulfone groups is 2. The van der Waals surface area contributed by atoms with E-state index in [1.165, 1.54) is 12.1 Å². The molecule has 4 rings (SSSR count). The van der Waals surface area contributed by atoms with Gasteiger partial charge in [0.2, 0.25) is 0 Å². The molecule has 0 unspecified atom stereocenters. The Morgan fingerprint density at radius 2 is 1.24 bits per heavy atom. The van der Waals surface area contributed by atoms with Crippen LogP contribution in [-0.4, -0.2) is 36.4 Å². The predicted molar refractivity (Wildman–Crippen MR) is 115 cm³/mol. The van der Waals surface area contributed by atoms with E-state index in [0.717, 1.165) is 34.8 Å². The van der Waals surface area contributed by atoms with E-state index in [1.807, 2.05) is 48.3 Å². The van der Waals surface area contributed by atoms with E-state index < -0.39 is 19.7 Å². The number of rotatable bonds is 4. The molecule has 0 saturated carbocycles. The molecule has 3 aromatic rings. The minimum absolute atomic E-state index is 0.00443. The predicted octanol–water partition coefficient (Wildman–Crippen LogP) is 3.70. The average Bonchev–Trinajstić information content (AvgIpc) is 3.00. The molecule has 0 saturated heterocycles. The van der Waals surface area contributed by atoms with Gasteiger partial charge in [0.1, 0.15) is 0 Å². The molecule has 0 N–H and O–H groups in total. The van der Waals surface area contributed by atoms with E-state index in [0.29, 0.717) is 5.69 Å². The molecule has 0 aliphatic heterocycles. The number of benzene rings is 3. The van der Waals surface area contributed by atoms with Crippen LogP contribution >= 0.6 is 0 Å². The maximum Gasteiger partial charge on any atom is 0.177 e. The second-order valence-corrected chi connectivity index (χ2v) is 11.4. The van der Waals surface area contributed by atoms with Gasteiger partial charge in [0, 0.05) is 19.6 Å². The summed E-state index contributed by atoms with van der Waals surface area (Å²) in [6.45, 7) is 0. The summed E-state index contributed by atoms with van der Waals surface area (Å²) in [5.74, 6) is 0. The van der Waals surface area contributed by atoms with E-state index >= 15 is 0 Å². The lowest BCUT2D eigenvalue weighted by atomic mass is 10.0. The summed E-state index contributed by atoms with van der Waals surface area (Å²) in [5.41, 5.74) is 4.88. The maximum absolute atomic E-state index is 12.5. The first-order valence-electron chi connectivity index (χ1n) is 9.04. The van der Waals surface area contributed by atoms with Gasteiger partial charge in [-0.1, -0.05) is 48.5 Å². The van der Waals surface area contributed by atoms with Crippen molar-refractivity contribution in [2.75, 3.05) is 24.5 Å². The van der Waals surface area contributed by atoms with Crippen LogP contribution in [0.5, 0.6) is 0 Å². The SMILES string of the molecule is CN(c1ccc(S(C)(=O)=O)cc1S(C)(=O)=O)C1c2ccccc2-c2ccccc21. The van der Waals surface area contributed by atoms with E-state index in [9.17, 15) is 16.8 Å². The summed E-state index contributed by atoms with van der Waals surface area (Å²) in [6, 6.07) is 20.2. The van der Waals surface area contributed by atoms with Crippen molar-refractivity contribution in [3.63, 3.8) is 0 Å². The van der Waals surface area contributed by atoms with Crippen molar-refractivity contribution >= 4 is 25.4 Å². The summed E-state index contributed by atoms with van der Waals surface area (Å²) in [4.78, 5) is 1.90. The molecular formula is C22H21NO4S2. The van der Waals surface area contributed by atoms with Crippen LogP contribution in [0.4, 0.5) is 5.69 Å². The van der Waals surface area contributed by atoms with Gasteiger partial charge in [-0.3, -0.25) is 0 Å². The quantitative estimate of drug-likeness (QED) is 0.635. The highest BCUT2D eigenvalue weighted by Crippen LogP contribution is 2.47. The molecule has 0 atom stereocenters. The van der Waals surface area contributed by atoms with Crippen molar-refractivity contribution in [2.24, 2.45) is 0 Å². The first-order valence-corrected chi connectivity index (χ1v) is 12.8. The molecule has 150 valence electrons. The van der Waals surface area contributed by atoms with Gasteiger partial charge in [-0.2, -0.15) is 0 Å². The van der Waals surface area contributed by atoms with Gasteiger partial charge in [-0.15, -0.1) is 0 Å². The smallest absolute Gasteiger partial charge is 0.177 e. The Kier molecular flexibility index (Phi) is 4.55. The van der Waals surface area contributed by atoms with Gasteiger partial charge in [0.05, 0.1) is 21.5 Å². The largest absolute Gasteiger partial charge is 0.362 e. The van der Waals surface area contributed by atoms with Gasteiger partial charge in [-0.25, -0.2) is 16.8 Å². The second-order valence-electron chi connectivity index (χ2n) is 7.36. The minimum Gasteiger partial charge on any atom is -0.362 e. The van der Waals surface area contributed by atoms with Crippen molar-refractivity contribution < 1.29 is 16.8 Å². The molecule has 0 amide bonds. The van der Waals surface area contributed by atoms with Crippen LogP contribution in [0, 0.1) is 0 Å². The van der Waals surface area contributed by atoms with Gasteiger partial charge in [0.15, 0.2) is 19.7 Å². The van der Waals surface area contributed by atoms with Gasteiger partial charge >= 0.3 is 0 Å². The zero-order valence-electron chi connectivity index (χ0n) is 16.3. The Balaban J connectivity index is 1.93. The monoisotopic (exact) mass is 427 g/mol. The number of nitrogens with zero attached hydrogens (tertiary/aromatic N) is 1. The van der Waals surface area contributed by atoms with Crippen molar-refractivity contribution in [3.8, 4) is 11.1 Å². The fourth-order valence-corrected chi connectivity index (χ4v) is 5.65. The molecular weight excluding hydrogens is 406 g/mol. The van der Waals surface area contributed by atoms with Gasteiger partial charge in [-0.05, 0) is 40.5 Å². The van der Waals surface area contributed by atoms with Crippen molar-refractivity contribution in [1.82, 2.24) is 0 Å². The maximum atomic E-state index is 12.5. The zero-order chi connectivity index (χ0) is 21.0. The fraction of sp³-hybridized carbons (Fsp3) is 0.182. The molecule has 5 nitrogen and oxygen atoms in total. The van der Waals surface area contributed by atoms with Crippen LogP contribution in [0.25, 0.3) is 11.1 Å². The molecule has 3 aromatic carbocycles. The molecule has 1 aliphatic carbocycles. The molecule has 0 aromatic heterocycles. The first kappa shape index (κ1) is 19.7. The fourth-order valence-electron chi connectivity index (χ4n) is 4.00. The standard InChI is InChI=1S/C22H21NO4S2/c1-23(20-13-12-15(28(2,24)25)14-21(20)29(3,26)27)22-18-10-6-4-8-16(18)17-9-5-7-11-19(17)22/h4-14,22H,1-3H3. The Bertz CT molecular complexity index is 1280. The molecule has 29 heavy (non-hydrogen) atoms. The highest BCUT2D eigenvalue weighted by Gasteiger charge is 2.33. The topological polar surface area (TPSA) is 71.5 Å². The summed E-state index contributed by atoms with van der Waals surface area (Å²) >= 11 is 0.